The van der Waals surface area contributed by atoms with E-state index in [1.165, 1.54) is 0 Å². The monoisotopic (exact) mass is 478 g/mol. The summed E-state index contributed by atoms with van der Waals surface area (Å²) in [6.07, 6.45) is 0. The number of benzene rings is 3. The van der Waals surface area contributed by atoms with Crippen molar-refractivity contribution in [2.75, 3.05) is 17.2 Å². The molecule has 0 aliphatic rings. The molecule has 2 amide bonds. The Hall–Kier alpha value is -3.58. The van der Waals surface area contributed by atoms with Crippen LogP contribution < -0.4 is 15.4 Å². The van der Waals surface area contributed by atoms with Gasteiger partial charge in [0.25, 0.3) is 11.8 Å². The maximum absolute atomic E-state index is 12.7. The molecule has 7 heteroatoms. The van der Waals surface area contributed by atoms with E-state index in [-0.39, 0.29) is 24.2 Å². The molecule has 156 valence electrons. The molecule has 2 N–H and O–H groups in total. The number of para-hydroxylation sites is 1. The van der Waals surface area contributed by atoms with Crippen molar-refractivity contribution >= 4 is 50.1 Å². The van der Waals surface area contributed by atoms with E-state index in [9.17, 15) is 9.59 Å². The minimum atomic E-state index is -0.358. The maximum atomic E-state index is 12.7. The van der Waals surface area contributed by atoms with Crippen LogP contribution in [0.4, 0.5) is 11.4 Å². The molecule has 6 nitrogen and oxygen atoms in total. The Labute approximate surface area is 187 Å². The molecule has 0 saturated carbocycles. The first-order valence-electron chi connectivity index (χ1n) is 9.57. The fourth-order valence-corrected chi connectivity index (χ4v) is 3.49. The average Bonchev–Trinajstić information content (AvgIpc) is 3.09. The van der Waals surface area contributed by atoms with E-state index in [1.807, 2.05) is 43.3 Å². The van der Waals surface area contributed by atoms with Gasteiger partial charge in [-0.3, -0.25) is 9.59 Å². The Morgan fingerprint density at radius 2 is 1.71 bits per heavy atom. The number of rotatable bonds is 6. The molecule has 0 saturated heterocycles. The largest absolute Gasteiger partial charge is 0.484 e. The van der Waals surface area contributed by atoms with Crippen LogP contribution in [0.3, 0.4) is 0 Å². The van der Waals surface area contributed by atoms with Crippen LogP contribution in [0.15, 0.2) is 81.7 Å². The molecule has 0 radical (unpaired) electrons. The van der Waals surface area contributed by atoms with Gasteiger partial charge in [0.15, 0.2) is 12.4 Å². The normalized spacial score (nSPS) is 10.6. The number of ether oxygens (including phenoxy) is 1. The molecule has 1 heterocycles. The second-order valence-electron chi connectivity index (χ2n) is 6.88. The van der Waals surface area contributed by atoms with Crippen molar-refractivity contribution in [1.29, 1.82) is 0 Å². The lowest BCUT2D eigenvalue weighted by Gasteiger charge is -2.09. The Kier molecular flexibility index (Phi) is 6.04. The van der Waals surface area contributed by atoms with Gasteiger partial charge in [-0.1, -0.05) is 40.2 Å². The first kappa shape index (κ1) is 20.7. The number of amides is 2. The molecule has 0 aliphatic carbocycles. The minimum Gasteiger partial charge on any atom is -0.484 e. The van der Waals surface area contributed by atoms with Gasteiger partial charge in [0.1, 0.15) is 11.3 Å². The summed E-state index contributed by atoms with van der Waals surface area (Å²) in [5.74, 6) is 0.0847. The van der Waals surface area contributed by atoms with Crippen LogP contribution in [0.1, 0.15) is 16.1 Å². The average molecular weight is 479 g/mol. The molecule has 0 bridgehead atoms. The van der Waals surface area contributed by atoms with Crippen molar-refractivity contribution < 1.29 is 18.7 Å². The van der Waals surface area contributed by atoms with Crippen molar-refractivity contribution in [1.82, 2.24) is 0 Å². The molecule has 31 heavy (non-hydrogen) atoms. The quantitative estimate of drug-likeness (QED) is 0.368. The van der Waals surface area contributed by atoms with Crippen LogP contribution in [0.5, 0.6) is 5.75 Å². The van der Waals surface area contributed by atoms with Gasteiger partial charge >= 0.3 is 0 Å². The number of fused-ring (bicyclic) bond motifs is 1. The fraction of sp³-hybridized carbons (Fsp3) is 0.0833. The zero-order valence-corrected chi connectivity index (χ0v) is 18.2. The predicted molar refractivity (Wildman–Crippen MR) is 124 cm³/mol. The Bertz CT molecular complexity index is 1250. The standard InChI is InChI=1S/C24H19BrN2O4/c1-15-20-12-16(25)10-11-21(20)31-23(15)24(29)27-18-8-5-9-19(13-18)30-14-22(28)26-17-6-3-2-4-7-17/h2-13H,14H2,1H3,(H,26,28)(H,27,29). The highest BCUT2D eigenvalue weighted by molar-refractivity contribution is 9.10. The maximum Gasteiger partial charge on any atom is 0.291 e. The summed E-state index contributed by atoms with van der Waals surface area (Å²) in [5.41, 5.74) is 2.64. The van der Waals surface area contributed by atoms with Crippen molar-refractivity contribution in [2.24, 2.45) is 0 Å². The predicted octanol–water partition coefficient (Wildman–Crippen LogP) is 5.77. The Balaban J connectivity index is 1.41. The Morgan fingerprint density at radius 1 is 0.935 bits per heavy atom. The summed E-state index contributed by atoms with van der Waals surface area (Å²) in [6.45, 7) is 1.70. The molecule has 0 atom stereocenters. The van der Waals surface area contributed by atoms with Crippen LogP contribution >= 0.6 is 15.9 Å². The number of furan rings is 1. The number of nitrogens with one attached hydrogen (secondary N) is 2. The number of carbonyl (C=O) groups is 2. The van der Waals surface area contributed by atoms with E-state index in [4.69, 9.17) is 9.15 Å². The third-order valence-electron chi connectivity index (χ3n) is 4.62. The highest BCUT2D eigenvalue weighted by Crippen LogP contribution is 2.29. The van der Waals surface area contributed by atoms with Gasteiger partial charge in [0.2, 0.25) is 0 Å². The number of halogens is 1. The fourth-order valence-electron chi connectivity index (χ4n) is 3.13. The summed E-state index contributed by atoms with van der Waals surface area (Å²) in [5, 5.41) is 6.45. The zero-order chi connectivity index (χ0) is 21.8. The number of aryl methyl sites for hydroxylation is 1. The van der Waals surface area contributed by atoms with Crippen LogP contribution in [0, 0.1) is 6.92 Å². The lowest BCUT2D eigenvalue weighted by Crippen LogP contribution is -2.20. The molecule has 4 aromatic rings. The van der Waals surface area contributed by atoms with Gasteiger partial charge in [-0.15, -0.1) is 0 Å². The molecule has 0 aliphatic heterocycles. The topological polar surface area (TPSA) is 80.6 Å². The number of hydrogen-bond acceptors (Lipinski definition) is 4. The summed E-state index contributed by atoms with van der Waals surface area (Å²) >= 11 is 3.43. The molecule has 4 rings (SSSR count). The van der Waals surface area contributed by atoms with Crippen molar-refractivity contribution in [3.05, 3.63) is 88.6 Å². The third kappa shape index (κ3) is 4.95. The first-order valence-corrected chi connectivity index (χ1v) is 10.4. The van der Waals surface area contributed by atoms with Gasteiger partial charge in [-0.05, 0) is 49.4 Å². The van der Waals surface area contributed by atoms with E-state index >= 15 is 0 Å². The van der Waals surface area contributed by atoms with Gasteiger partial charge in [-0.2, -0.15) is 0 Å². The first-order chi connectivity index (χ1) is 15.0. The SMILES string of the molecule is Cc1c(C(=O)Nc2cccc(OCC(=O)Nc3ccccc3)c2)oc2ccc(Br)cc12. The van der Waals surface area contributed by atoms with E-state index < -0.39 is 0 Å². The van der Waals surface area contributed by atoms with E-state index in [0.29, 0.717) is 22.7 Å². The lowest BCUT2D eigenvalue weighted by atomic mass is 10.1. The summed E-state index contributed by atoms with van der Waals surface area (Å²) in [6, 6.07) is 21.6. The van der Waals surface area contributed by atoms with Crippen molar-refractivity contribution in [3.63, 3.8) is 0 Å². The van der Waals surface area contributed by atoms with E-state index in [2.05, 4.69) is 26.6 Å². The third-order valence-corrected chi connectivity index (χ3v) is 5.12. The van der Waals surface area contributed by atoms with Gasteiger partial charge in [0.05, 0.1) is 0 Å². The van der Waals surface area contributed by atoms with Gasteiger partial charge in [-0.25, -0.2) is 0 Å². The smallest absolute Gasteiger partial charge is 0.291 e. The molecule has 1 aromatic heterocycles. The van der Waals surface area contributed by atoms with E-state index in [1.54, 1.807) is 36.4 Å². The molecule has 3 aromatic carbocycles. The number of carbonyl (C=O) groups excluding carboxylic acids is 2. The molecule has 0 fully saturated rings. The van der Waals surface area contributed by atoms with Crippen LogP contribution in [0.25, 0.3) is 11.0 Å². The number of hydrogen-bond donors (Lipinski definition) is 2. The van der Waals surface area contributed by atoms with Crippen LogP contribution in [-0.4, -0.2) is 18.4 Å². The summed E-state index contributed by atoms with van der Waals surface area (Å²) in [7, 11) is 0. The highest BCUT2D eigenvalue weighted by Gasteiger charge is 2.18. The van der Waals surface area contributed by atoms with Crippen molar-refractivity contribution in [3.8, 4) is 5.75 Å². The highest BCUT2D eigenvalue weighted by atomic mass is 79.9. The van der Waals surface area contributed by atoms with Gasteiger partial charge < -0.3 is 19.8 Å². The zero-order valence-electron chi connectivity index (χ0n) is 16.6. The Morgan fingerprint density at radius 3 is 2.52 bits per heavy atom. The number of anilines is 2. The molecular weight excluding hydrogens is 460 g/mol. The van der Waals surface area contributed by atoms with Crippen LogP contribution in [0.2, 0.25) is 0 Å². The minimum absolute atomic E-state index is 0.149. The summed E-state index contributed by atoms with van der Waals surface area (Å²) < 4.78 is 12.2. The molecule has 0 unspecified atom stereocenters. The second kappa shape index (κ2) is 9.06. The van der Waals surface area contributed by atoms with Gasteiger partial charge in [0, 0.05) is 32.9 Å². The second-order valence-corrected chi connectivity index (χ2v) is 7.80. The summed E-state index contributed by atoms with van der Waals surface area (Å²) in [4.78, 5) is 24.8. The molecule has 0 spiro atoms. The van der Waals surface area contributed by atoms with Crippen molar-refractivity contribution in [2.45, 2.75) is 6.92 Å². The molecular formula is C24H19BrN2O4. The lowest BCUT2D eigenvalue weighted by molar-refractivity contribution is -0.118. The van der Waals surface area contributed by atoms with Crippen LogP contribution in [-0.2, 0) is 4.79 Å². The van der Waals surface area contributed by atoms with E-state index in [0.717, 1.165) is 15.4 Å².